The Balaban J connectivity index is 1.91. The number of nitrogens with zero attached hydrogens (tertiary/aromatic N) is 2. The summed E-state index contributed by atoms with van der Waals surface area (Å²) in [5.41, 5.74) is 2.21. The topological polar surface area (TPSA) is 33.2 Å². The molecule has 2 fully saturated rings. The minimum atomic E-state index is 0.00112. The molecule has 102 valence electrons. The van der Waals surface area contributed by atoms with Crippen molar-refractivity contribution < 1.29 is 4.79 Å². The fourth-order valence-electron chi connectivity index (χ4n) is 3.75. The van der Waals surface area contributed by atoms with E-state index in [1.54, 1.807) is 0 Å². The van der Waals surface area contributed by atoms with Crippen LogP contribution in [0.25, 0.3) is 0 Å². The number of carbonyl (C=O) groups excluding carboxylic acids is 1. The summed E-state index contributed by atoms with van der Waals surface area (Å²) in [5.74, 6) is 0.751. The first-order valence-corrected chi connectivity index (χ1v) is 7.44. The lowest BCUT2D eigenvalue weighted by Gasteiger charge is -2.29. The van der Waals surface area contributed by atoms with Crippen molar-refractivity contribution in [2.45, 2.75) is 51.0 Å². The molecule has 0 spiro atoms. The first-order valence-electron chi connectivity index (χ1n) is 7.44. The van der Waals surface area contributed by atoms with Gasteiger partial charge in [-0.3, -0.25) is 9.78 Å². The van der Waals surface area contributed by atoms with Gasteiger partial charge in [0.1, 0.15) is 0 Å². The summed E-state index contributed by atoms with van der Waals surface area (Å²) in [5, 5.41) is 0. The Bertz CT molecular complexity index is 468. The van der Waals surface area contributed by atoms with Gasteiger partial charge in [-0.15, -0.1) is 0 Å². The molecule has 0 bridgehead atoms. The summed E-state index contributed by atoms with van der Waals surface area (Å²) in [4.78, 5) is 19.0. The molecule has 3 nitrogen and oxygen atoms in total. The quantitative estimate of drug-likeness (QED) is 0.817. The highest BCUT2D eigenvalue weighted by Gasteiger charge is 2.48. The van der Waals surface area contributed by atoms with Gasteiger partial charge in [-0.2, -0.15) is 0 Å². The van der Waals surface area contributed by atoms with Crippen LogP contribution in [-0.4, -0.2) is 28.9 Å². The van der Waals surface area contributed by atoms with E-state index in [9.17, 15) is 4.79 Å². The van der Waals surface area contributed by atoms with Crippen LogP contribution in [0.1, 0.15) is 49.8 Å². The summed E-state index contributed by atoms with van der Waals surface area (Å²) in [6, 6.07) is 4.62. The van der Waals surface area contributed by atoms with E-state index < -0.39 is 0 Å². The molecule has 0 radical (unpaired) electrons. The SMILES string of the molecule is CCc1ccc(C2C(=O)N(C)C3CCCCC23)nc1. The highest BCUT2D eigenvalue weighted by molar-refractivity contribution is 5.86. The Morgan fingerprint density at radius 2 is 2.11 bits per heavy atom. The summed E-state index contributed by atoms with van der Waals surface area (Å²) >= 11 is 0. The van der Waals surface area contributed by atoms with Crippen LogP contribution >= 0.6 is 0 Å². The predicted molar refractivity (Wildman–Crippen MR) is 74.9 cm³/mol. The molecule has 3 rings (SSSR count). The van der Waals surface area contributed by atoms with E-state index in [2.05, 4.69) is 24.0 Å². The van der Waals surface area contributed by atoms with Crippen molar-refractivity contribution in [2.75, 3.05) is 7.05 Å². The van der Waals surface area contributed by atoms with Crippen molar-refractivity contribution in [2.24, 2.45) is 5.92 Å². The standard InChI is InChI=1S/C16H22N2O/c1-3-11-8-9-13(17-10-11)15-12-6-4-5-7-14(12)18(2)16(15)19/h8-10,12,14-15H,3-7H2,1-2H3. The molecule has 1 aliphatic heterocycles. The average molecular weight is 258 g/mol. The molecule has 1 saturated heterocycles. The zero-order valence-corrected chi connectivity index (χ0v) is 11.8. The first kappa shape index (κ1) is 12.6. The van der Waals surface area contributed by atoms with Gasteiger partial charge in [0.05, 0.1) is 11.6 Å². The van der Waals surface area contributed by atoms with Crippen molar-refractivity contribution in [1.29, 1.82) is 0 Å². The van der Waals surface area contributed by atoms with Gasteiger partial charge in [0.2, 0.25) is 5.91 Å². The van der Waals surface area contributed by atoms with E-state index in [-0.39, 0.29) is 11.8 Å². The van der Waals surface area contributed by atoms with E-state index >= 15 is 0 Å². The van der Waals surface area contributed by atoms with Crippen molar-refractivity contribution in [1.82, 2.24) is 9.88 Å². The number of amides is 1. The molecule has 2 aliphatic rings. The number of aryl methyl sites for hydroxylation is 1. The summed E-state index contributed by atoms with van der Waals surface area (Å²) in [7, 11) is 1.96. The van der Waals surface area contributed by atoms with E-state index in [1.165, 1.54) is 24.8 Å². The molecule has 1 amide bonds. The van der Waals surface area contributed by atoms with Gasteiger partial charge in [0.15, 0.2) is 0 Å². The molecule has 1 saturated carbocycles. The lowest BCUT2D eigenvalue weighted by Crippen LogP contribution is -2.33. The van der Waals surface area contributed by atoms with E-state index in [0.29, 0.717) is 12.0 Å². The molecule has 3 heteroatoms. The van der Waals surface area contributed by atoms with Gasteiger partial charge >= 0.3 is 0 Å². The normalized spacial score (nSPS) is 30.5. The van der Waals surface area contributed by atoms with Crippen LogP contribution in [0.15, 0.2) is 18.3 Å². The van der Waals surface area contributed by atoms with Crippen LogP contribution in [-0.2, 0) is 11.2 Å². The van der Waals surface area contributed by atoms with E-state index in [4.69, 9.17) is 0 Å². The molecular formula is C16H22N2O. The van der Waals surface area contributed by atoms with Crippen molar-refractivity contribution in [3.8, 4) is 0 Å². The van der Waals surface area contributed by atoms with Crippen LogP contribution < -0.4 is 0 Å². The van der Waals surface area contributed by atoms with Gasteiger partial charge in [-0.05, 0) is 36.8 Å². The number of likely N-dealkylation sites (N-methyl/N-ethyl adjacent to an activating group) is 1. The van der Waals surface area contributed by atoms with Crippen molar-refractivity contribution >= 4 is 5.91 Å². The Morgan fingerprint density at radius 1 is 1.32 bits per heavy atom. The third kappa shape index (κ3) is 2.05. The Kier molecular flexibility index (Phi) is 3.29. The number of rotatable bonds is 2. The average Bonchev–Trinajstić information content (AvgIpc) is 2.72. The maximum absolute atomic E-state index is 12.5. The third-order valence-electron chi connectivity index (χ3n) is 4.90. The molecule has 1 aromatic rings. The Hall–Kier alpha value is -1.38. The second-order valence-electron chi connectivity index (χ2n) is 5.89. The smallest absolute Gasteiger partial charge is 0.232 e. The fourth-order valence-corrected chi connectivity index (χ4v) is 3.75. The lowest BCUT2D eigenvalue weighted by atomic mass is 9.78. The molecule has 1 aliphatic carbocycles. The van der Waals surface area contributed by atoms with Crippen LogP contribution in [0.5, 0.6) is 0 Å². The minimum absolute atomic E-state index is 0.00112. The summed E-state index contributed by atoms with van der Waals surface area (Å²) in [6.07, 6.45) is 7.77. The maximum Gasteiger partial charge on any atom is 0.232 e. The van der Waals surface area contributed by atoms with Crippen LogP contribution in [0.2, 0.25) is 0 Å². The van der Waals surface area contributed by atoms with Gasteiger partial charge < -0.3 is 4.90 Å². The number of hydrogen-bond donors (Lipinski definition) is 0. The molecular weight excluding hydrogens is 236 g/mol. The largest absolute Gasteiger partial charge is 0.342 e. The number of fused-ring (bicyclic) bond motifs is 1. The minimum Gasteiger partial charge on any atom is -0.342 e. The van der Waals surface area contributed by atoms with Crippen LogP contribution in [0, 0.1) is 5.92 Å². The molecule has 2 heterocycles. The van der Waals surface area contributed by atoms with Crippen LogP contribution in [0.3, 0.4) is 0 Å². The van der Waals surface area contributed by atoms with Gasteiger partial charge in [0.25, 0.3) is 0 Å². The number of aromatic nitrogens is 1. The number of pyridine rings is 1. The molecule has 1 aromatic heterocycles. The lowest BCUT2D eigenvalue weighted by molar-refractivity contribution is -0.128. The monoisotopic (exact) mass is 258 g/mol. The maximum atomic E-state index is 12.5. The molecule has 0 N–H and O–H groups in total. The molecule has 19 heavy (non-hydrogen) atoms. The second-order valence-corrected chi connectivity index (χ2v) is 5.89. The molecule has 3 atom stereocenters. The highest BCUT2D eigenvalue weighted by Crippen LogP contribution is 2.44. The van der Waals surface area contributed by atoms with Crippen molar-refractivity contribution in [3.63, 3.8) is 0 Å². The zero-order valence-electron chi connectivity index (χ0n) is 11.8. The van der Waals surface area contributed by atoms with Gasteiger partial charge in [0, 0.05) is 19.3 Å². The van der Waals surface area contributed by atoms with E-state index in [0.717, 1.165) is 18.5 Å². The first-order chi connectivity index (χ1) is 9.22. The third-order valence-corrected chi connectivity index (χ3v) is 4.90. The second kappa shape index (κ2) is 4.95. The van der Waals surface area contributed by atoms with E-state index in [1.807, 2.05) is 18.1 Å². The number of carbonyl (C=O) groups is 1. The van der Waals surface area contributed by atoms with Gasteiger partial charge in [-0.1, -0.05) is 25.8 Å². The fraction of sp³-hybridized carbons (Fsp3) is 0.625. The highest BCUT2D eigenvalue weighted by atomic mass is 16.2. The predicted octanol–water partition coefficient (Wildman–Crippen LogP) is 2.76. The van der Waals surface area contributed by atoms with Crippen LogP contribution in [0.4, 0.5) is 0 Å². The Morgan fingerprint density at radius 3 is 2.79 bits per heavy atom. The van der Waals surface area contributed by atoms with Crippen molar-refractivity contribution in [3.05, 3.63) is 29.6 Å². The summed E-state index contributed by atoms with van der Waals surface area (Å²) < 4.78 is 0. The Labute approximate surface area is 115 Å². The zero-order chi connectivity index (χ0) is 13.4. The molecule has 3 unspecified atom stereocenters. The number of hydrogen-bond acceptors (Lipinski definition) is 2. The summed E-state index contributed by atoms with van der Waals surface area (Å²) in [6.45, 7) is 2.13. The van der Waals surface area contributed by atoms with Gasteiger partial charge in [-0.25, -0.2) is 0 Å². The number of likely N-dealkylation sites (tertiary alicyclic amines) is 1. The molecule has 0 aromatic carbocycles.